The number of carbonyl (C=O) groups excluding carboxylic acids is 2. The third-order valence-corrected chi connectivity index (χ3v) is 8.90. The number of methoxy groups -OCH3 is 1. The zero-order valence-corrected chi connectivity index (χ0v) is 26.8. The molecule has 234 valence electrons. The number of fused-ring (bicyclic) bond motifs is 1. The van der Waals surface area contributed by atoms with Crippen molar-refractivity contribution in [2.24, 2.45) is 11.7 Å². The number of anilines is 2. The number of hydrogen-bond donors (Lipinski definition) is 2. The van der Waals surface area contributed by atoms with Crippen LogP contribution in [-0.2, 0) is 16.0 Å². The second-order valence-corrected chi connectivity index (χ2v) is 12.7. The van der Waals surface area contributed by atoms with E-state index in [0.717, 1.165) is 60.3 Å². The predicted molar refractivity (Wildman–Crippen MR) is 176 cm³/mol. The van der Waals surface area contributed by atoms with E-state index in [9.17, 15) is 9.59 Å². The first kappa shape index (κ1) is 31.7. The summed E-state index contributed by atoms with van der Waals surface area (Å²) in [5, 5.41) is 3.91. The Bertz CT molecular complexity index is 1450. The molecule has 0 unspecified atom stereocenters. The smallest absolute Gasteiger partial charge is 0.232 e. The van der Waals surface area contributed by atoms with Gasteiger partial charge in [0.1, 0.15) is 0 Å². The van der Waals surface area contributed by atoms with Crippen LogP contribution >= 0.6 is 11.6 Å². The van der Waals surface area contributed by atoms with Gasteiger partial charge < -0.3 is 30.3 Å². The summed E-state index contributed by atoms with van der Waals surface area (Å²) in [6.45, 7) is 5.16. The minimum Gasteiger partial charge on any atom is -0.493 e. The van der Waals surface area contributed by atoms with Crippen LogP contribution in [0.25, 0.3) is 0 Å². The Morgan fingerprint density at radius 2 is 1.73 bits per heavy atom. The topological polar surface area (TPSA) is 97.1 Å². The van der Waals surface area contributed by atoms with E-state index in [1.165, 1.54) is 0 Å². The Hall–Kier alpha value is -3.75. The number of rotatable bonds is 11. The van der Waals surface area contributed by atoms with Crippen molar-refractivity contribution < 1.29 is 19.1 Å². The molecule has 8 nitrogen and oxygen atoms in total. The number of ether oxygens (including phenoxy) is 2. The van der Waals surface area contributed by atoms with Gasteiger partial charge in [0.15, 0.2) is 11.5 Å². The first-order valence-corrected chi connectivity index (χ1v) is 15.8. The van der Waals surface area contributed by atoms with E-state index in [4.69, 9.17) is 26.8 Å². The third-order valence-electron chi connectivity index (χ3n) is 8.65. The highest BCUT2D eigenvalue weighted by molar-refractivity contribution is 6.30. The van der Waals surface area contributed by atoms with Gasteiger partial charge in [-0.15, -0.1) is 0 Å². The highest BCUT2D eigenvalue weighted by Crippen LogP contribution is 2.44. The molecule has 0 saturated heterocycles. The van der Waals surface area contributed by atoms with Crippen LogP contribution in [0.5, 0.6) is 11.5 Å². The molecule has 2 aliphatic rings. The van der Waals surface area contributed by atoms with Gasteiger partial charge in [-0.1, -0.05) is 23.7 Å². The van der Waals surface area contributed by atoms with E-state index in [1.54, 1.807) is 7.11 Å². The fourth-order valence-corrected chi connectivity index (χ4v) is 6.61. The highest BCUT2D eigenvalue weighted by Gasteiger charge is 2.36. The second kappa shape index (κ2) is 13.9. The number of nitrogens with one attached hydrogen (secondary N) is 1. The molecule has 0 aromatic heterocycles. The van der Waals surface area contributed by atoms with Crippen LogP contribution in [0, 0.1) is 5.92 Å². The lowest BCUT2D eigenvalue weighted by Crippen LogP contribution is -2.41. The van der Waals surface area contributed by atoms with Crippen LogP contribution in [0.1, 0.15) is 62.3 Å². The first-order valence-electron chi connectivity index (χ1n) is 15.4. The number of hydrogen-bond acceptors (Lipinski definition) is 6. The van der Waals surface area contributed by atoms with Gasteiger partial charge >= 0.3 is 0 Å². The number of nitrogens with zero attached hydrogens (tertiary/aromatic N) is 2. The zero-order chi connectivity index (χ0) is 31.4. The van der Waals surface area contributed by atoms with Gasteiger partial charge in [0.2, 0.25) is 11.8 Å². The predicted octanol–water partition coefficient (Wildman–Crippen LogP) is 5.88. The molecule has 0 radical (unpaired) electrons. The maximum atomic E-state index is 13.8. The molecule has 2 amide bonds. The van der Waals surface area contributed by atoms with Gasteiger partial charge in [-0.2, -0.15) is 0 Å². The van der Waals surface area contributed by atoms with Crippen molar-refractivity contribution in [2.75, 3.05) is 37.0 Å². The van der Waals surface area contributed by atoms with E-state index in [1.807, 2.05) is 67.3 Å². The summed E-state index contributed by atoms with van der Waals surface area (Å²) in [5.74, 6) is 1.57. The number of benzene rings is 3. The van der Waals surface area contributed by atoms with Crippen molar-refractivity contribution in [3.63, 3.8) is 0 Å². The Morgan fingerprint density at radius 3 is 2.34 bits per heavy atom. The summed E-state index contributed by atoms with van der Waals surface area (Å²) in [7, 11) is 3.74. The van der Waals surface area contributed by atoms with Crippen LogP contribution in [0.2, 0.25) is 5.02 Å². The molecule has 44 heavy (non-hydrogen) atoms. The molecule has 1 fully saturated rings. The minimum atomic E-state index is -0.356. The molecular formula is C35H43ClN4O4. The molecule has 3 aromatic rings. The number of primary amides is 1. The number of amides is 2. The van der Waals surface area contributed by atoms with Crippen molar-refractivity contribution in [3.05, 3.63) is 82.4 Å². The molecule has 0 bridgehead atoms. The standard InChI is InChI=1S/C35H43ClN4O4/c1-22(2)44-32-19-30-25(17-31(32)43-4)18-34(42)40(35(30)24-7-9-26(36)10-8-24)29-15-13-28(14-16-29)39(3)21-23-5-11-27(12-6-23)38-20-33(37)41/h7-10,13-17,19,22-23,27,35,38H,5-6,11-12,18,20-21H2,1-4H3,(H2,37,41)/t23-,27-,35-/m0/s1. The lowest BCUT2D eigenvalue weighted by atomic mass is 9.85. The van der Waals surface area contributed by atoms with Crippen LogP contribution in [0.4, 0.5) is 11.4 Å². The lowest BCUT2D eigenvalue weighted by molar-refractivity contribution is -0.119. The summed E-state index contributed by atoms with van der Waals surface area (Å²) >= 11 is 6.26. The number of halogens is 1. The second-order valence-electron chi connectivity index (χ2n) is 12.2. The highest BCUT2D eigenvalue weighted by atomic mass is 35.5. The van der Waals surface area contributed by atoms with Gasteiger partial charge in [-0.25, -0.2) is 0 Å². The van der Waals surface area contributed by atoms with Crippen molar-refractivity contribution in [3.8, 4) is 11.5 Å². The summed E-state index contributed by atoms with van der Waals surface area (Å²) in [5.41, 5.74) is 10.1. The fraction of sp³-hybridized carbons (Fsp3) is 0.429. The van der Waals surface area contributed by atoms with Gasteiger partial charge in [0, 0.05) is 36.0 Å². The van der Waals surface area contributed by atoms with Gasteiger partial charge in [-0.3, -0.25) is 9.59 Å². The van der Waals surface area contributed by atoms with Crippen LogP contribution in [0.15, 0.2) is 60.7 Å². The van der Waals surface area contributed by atoms with E-state index in [0.29, 0.717) is 28.5 Å². The lowest BCUT2D eigenvalue weighted by Gasteiger charge is -2.38. The van der Waals surface area contributed by atoms with Crippen molar-refractivity contribution >= 4 is 34.8 Å². The molecule has 1 atom stereocenters. The third kappa shape index (κ3) is 7.30. The summed E-state index contributed by atoms with van der Waals surface area (Å²) < 4.78 is 11.8. The van der Waals surface area contributed by atoms with E-state index in [-0.39, 0.29) is 36.9 Å². The zero-order valence-electron chi connectivity index (χ0n) is 26.0. The van der Waals surface area contributed by atoms with E-state index < -0.39 is 0 Å². The largest absolute Gasteiger partial charge is 0.493 e. The molecular weight excluding hydrogens is 576 g/mol. The van der Waals surface area contributed by atoms with Gasteiger partial charge in [0.25, 0.3) is 0 Å². The average Bonchev–Trinajstić information content (AvgIpc) is 3.00. The van der Waals surface area contributed by atoms with Crippen LogP contribution < -0.4 is 30.3 Å². The molecule has 0 spiro atoms. The SMILES string of the molecule is COc1cc2c(cc1OC(C)C)[C@H](c1ccc(Cl)cc1)N(c1ccc(N(C)C[C@H]3CC[C@H](NCC(N)=O)CC3)cc1)C(=O)C2. The maximum Gasteiger partial charge on any atom is 0.232 e. The van der Waals surface area contributed by atoms with Crippen LogP contribution in [-0.4, -0.2) is 51.2 Å². The Labute approximate surface area is 265 Å². The Balaban J connectivity index is 1.38. The quantitative estimate of drug-likeness (QED) is 0.278. The first-order chi connectivity index (χ1) is 21.1. The summed E-state index contributed by atoms with van der Waals surface area (Å²) in [6, 6.07) is 19.9. The van der Waals surface area contributed by atoms with E-state index in [2.05, 4.69) is 29.4 Å². The molecule has 5 rings (SSSR count). The van der Waals surface area contributed by atoms with Crippen molar-refractivity contribution in [1.29, 1.82) is 0 Å². The summed E-state index contributed by atoms with van der Waals surface area (Å²) in [4.78, 5) is 29.1. The van der Waals surface area contributed by atoms with Gasteiger partial charge in [0.05, 0.1) is 32.2 Å². The van der Waals surface area contributed by atoms with Crippen LogP contribution in [0.3, 0.4) is 0 Å². The maximum absolute atomic E-state index is 13.8. The van der Waals surface area contributed by atoms with E-state index >= 15 is 0 Å². The molecule has 1 saturated carbocycles. The van der Waals surface area contributed by atoms with Crippen molar-refractivity contribution in [2.45, 2.75) is 64.1 Å². The fourth-order valence-electron chi connectivity index (χ4n) is 6.48. The molecule has 1 heterocycles. The Morgan fingerprint density at radius 1 is 1.05 bits per heavy atom. The summed E-state index contributed by atoms with van der Waals surface area (Å²) in [6.07, 6.45) is 4.54. The number of carbonyl (C=O) groups is 2. The van der Waals surface area contributed by atoms with Crippen molar-refractivity contribution in [1.82, 2.24) is 5.32 Å². The average molecular weight is 619 g/mol. The van der Waals surface area contributed by atoms with Gasteiger partial charge in [-0.05, 0) is 111 Å². The number of nitrogens with two attached hydrogens (primary N) is 1. The molecule has 3 N–H and O–H groups in total. The minimum absolute atomic E-state index is 0.0137. The Kier molecular flexibility index (Phi) is 10.0. The molecule has 3 aromatic carbocycles. The molecule has 1 aliphatic heterocycles. The normalized spacial score (nSPS) is 19.9. The molecule has 9 heteroatoms. The monoisotopic (exact) mass is 618 g/mol. The molecule has 1 aliphatic carbocycles.